The predicted molar refractivity (Wildman–Crippen MR) is 77.7 cm³/mol. The van der Waals surface area contributed by atoms with Crippen molar-refractivity contribution in [2.24, 2.45) is 0 Å². The van der Waals surface area contributed by atoms with Crippen molar-refractivity contribution in [1.29, 1.82) is 0 Å². The number of aromatic nitrogens is 3. The van der Waals surface area contributed by atoms with E-state index in [0.717, 1.165) is 49.3 Å². The summed E-state index contributed by atoms with van der Waals surface area (Å²) in [6, 6.07) is 5.92. The van der Waals surface area contributed by atoms with E-state index in [9.17, 15) is 0 Å². The molecule has 2 heterocycles. The Labute approximate surface area is 117 Å². The van der Waals surface area contributed by atoms with E-state index in [0.29, 0.717) is 0 Å². The fraction of sp³-hybridized carbons (Fsp3) is 0.538. The Morgan fingerprint density at radius 3 is 3.16 bits per heavy atom. The first-order chi connectivity index (χ1) is 9.42. The molecule has 2 aromatic heterocycles. The van der Waals surface area contributed by atoms with Crippen molar-refractivity contribution >= 4 is 17.4 Å². The Morgan fingerprint density at radius 1 is 1.32 bits per heavy atom. The summed E-state index contributed by atoms with van der Waals surface area (Å²) >= 11 is 1.72. The molecule has 5 nitrogen and oxygen atoms in total. The van der Waals surface area contributed by atoms with Gasteiger partial charge in [0, 0.05) is 31.7 Å². The second kappa shape index (κ2) is 8.14. The van der Waals surface area contributed by atoms with E-state index in [4.69, 9.17) is 4.74 Å². The molecule has 104 valence electrons. The number of thioether (sulfide) groups is 1. The molecule has 0 saturated heterocycles. The van der Waals surface area contributed by atoms with Crippen molar-refractivity contribution < 1.29 is 4.74 Å². The molecule has 6 heteroatoms. The maximum atomic E-state index is 5.28. The van der Waals surface area contributed by atoms with Crippen LogP contribution in [0.25, 0.3) is 5.65 Å². The number of fused-ring (bicyclic) bond motifs is 1. The van der Waals surface area contributed by atoms with Gasteiger partial charge in [0.05, 0.1) is 0 Å². The van der Waals surface area contributed by atoms with Crippen molar-refractivity contribution in [2.45, 2.75) is 18.5 Å². The van der Waals surface area contributed by atoms with Crippen LogP contribution >= 0.6 is 11.8 Å². The van der Waals surface area contributed by atoms with Gasteiger partial charge in [-0.1, -0.05) is 17.8 Å². The minimum Gasteiger partial charge on any atom is -0.382 e. The van der Waals surface area contributed by atoms with Crippen molar-refractivity contribution in [3.05, 3.63) is 24.4 Å². The van der Waals surface area contributed by atoms with Crippen LogP contribution in [0.5, 0.6) is 0 Å². The van der Waals surface area contributed by atoms with Gasteiger partial charge >= 0.3 is 0 Å². The number of nitrogens with one attached hydrogen (secondary N) is 1. The molecule has 19 heavy (non-hydrogen) atoms. The third kappa shape index (κ3) is 4.49. The van der Waals surface area contributed by atoms with Crippen molar-refractivity contribution in [1.82, 2.24) is 19.9 Å². The monoisotopic (exact) mass is 280 g/mol. The van der Waals surface area contributed by atoms with Gasteiger partial charge in [0.1, 0.15) is 0 Å². The average Bonchev–Trinajstić information content (AvgIpc) is 2.85. The van der Waals surface area contributed by atoms with Gasteiger partial charge in [-0.25, -0.2) is 0 Å². The van der Waals surface area contributed by atoms with Gasteiger partial charge in [-0.05, 0) is 32.0 Å². The van der Waals surface area contributed by atoms with Gasteiger partial charge in [-0.2, -0.15) is 0 Å². The molecule has 0 bridgehead atoms. The maximum Gasteiger partial charge on any atom is 0.195 e. The van der Waals surface area contributed by atoms with Crippen LogP contribution in [0.3, 0.4) is 0 Å². The predicted octanol–water partition coefficient (Wildman–Crippen LogP) is 1.84. The fourth-order valence-corrected chi connectivity index (χ4v) is 2.52. The zero-order valence-electron chi connectivity index (χ0n) is 11.2. The third-order valence-electron chi connectivity index (χ3n) is 2.64. The molecule has 0 atom stereocenters. The van der Waals surface area contributed by atoms with Crippen molar-refractivity contribution in [3.8, 4) is 0 Å². The Morgan fingerprint density at radius 2 is 2.26 bits per heavy atom. The van der Waals surface area contributed by atoms with E-state index < -0.39 is 0 Å². The van der Waals surface area contributed by atoms with Gasteiger partial charge in [0.2, 0.25) is 0 Å². The minimum atomic E-state index is 0.801. The van der Waals surface area contributed by atoms with Gasteiger partial charge in [0.15, 0.2) is 10.8 Å². The number of hydrogen-bond acceptors (Lipinski definition) is 5. The van der Waals surface area contributed by atoms with Crippen LogP contribution in [0.1, 0.15) is 13.3 Å². The first-order valence-electron chi connectivity index (χ1n) is 6.63. The second-order valence-corrected chi connectivity index (χ2v) is 5.12. The number of rotatable bonds is 9. The van der Waals surface area contributed by atoms with E-state index in [-0.39, 0.29) is 0 Å². The lowest BCUT2D eigenvalue weighted by molar-refractivity contribution is 0.145. The summed E-state index contributed by atoms with van der Waals surface area (Å²) in [7, 11) is 0. The Kier molecular flexibility index (Phi) is 6.13. The lowest BCUT2D eigenvalue weighted by Gasteiger charge is -2.04. The molecule has 0 saturated carbocycles. The van der Waals surface area contributed by atoms with E-state index in [2.05, 4.69) is 15.5 Å². The second-order valence-electron chi connectivity index (χ2n) is 4.06. The van der Waals surface area contributed by atoms with Crippen LogP contribution < -0.4 is 5.32 Å². The number of nitrogens with zero attached hydrogens (tertiary/aromatic N) is 3. The van der Waals surface area contributed by atoms with Crippen LogP contribution in [-0.2, 0) is 4.74 Å². The first-order valence-corrected chi connectivity index (χ1v) is 7.61. The molecule has 0 fully saturated rings. The lowest BCUT2D eigenvalue weighted by Crippen LogP contribution is -2.19. The quantitative estimate of drug-likeness (QED) is 0.561. The standard InChI is InChI=1S/C13H20N4OS/c1-2-18-10-5-7-14-8-11-19-13-16-15-12-6-3-4-9-17(12)13/h3-4,6,9,14H,2,5,7-8,10-11H2,1H3. The highest BCUT2D eigenvalue weighted by Gasteiger charge is 2.03. The van der Waals surface area contributed by atoms with Gasteiger partial charge in [-0.3, -0.25) is 4.40 Å². The van der Waals surface area contributed by atoms with Crippen molar-refractivity contribution in [2.75, 3.05) is 32.1 Å². The molecular weight excluding hydrogens is 260 g/mol. The largest absolute Gasteiger partial charge is 0.382 e. The topological polar surface area (TPSA) is 51.5 Å². The van der Waals surface area contributed by atoms with Crippen LogP contribution in [0.4, 0.5) is 0 Å². The maximum absolute atomic E-state index is 5.28. The molecule has 0 aliphatic rings. The normalized spacial score (nSPS) is 11.2. The number of hydrogen-bond donors (Lipinski definition) is 1. The van der Waals surface area contributed by atoms with E-state index >= 15 is 0 Å². The highest BCUT2D eigenvalue weighted by Crippen LogP contribution is 2.15. The SMILES string of the molecule is CCOCCCNCCSc1nnc2ccccn12. The van der Waals surface area contributed by atoms with Gasteiger partial charge < -0.3 is 10.1 Å². The van der Waals surface area contributed by atoms with Crippen LogP contribution in [0.15, 0.2) is 29.6 Å². The molecule has 0 amide bonds. The van der Waals surface area contributed by atoms with E-state index in [1.54, 1.807) is 11.8 Å². The molecule has 2 rings (SSSR count). The van der Waals surface area contributed by atoms with E-state index in [1.807, 2.05) is 35.7 Å². The molecule has 0 aromatic carbocycles. The summed E-state index contributed by atoms with van der Waals surface area (Å²) in [6.45, 7) is 5.63. The smallest absolute Gasteiger partial charge is 0.195 e. The highest BCUT2D eigenvalue weighted by atomic mass is 32.2. The molecule has 2 aromatic rings. The van der Waals surface area contributed by atoms with Crippen LogP contribution in [0.2, 0.25) is 0 Å². The van der Waals surface area contributed by atoms with Crippen LogP contribution in [-0.4, -0.2) is 46.7 Å². The fourth-order valence-electron chi connectivity index (χ4n) is 1.70. The van der Waals surface area contributed by atoms with E-state index in [1.165, 1.54) is 0 Å². The molecule has 1 N–H and O–H groups in total. The molecule has 0 aliphatic carbocycles. The summed E-state index contributed by atoms with van der Waals surface area (Å²) in [5.41, 5.74) is 0.898. The molecule has 0 aliphatic heterocycles. The zero-order valence-corrected chi connectivity index (χ0v) is 12.0. The third-order valence-corrected chi connectivity index (χ3v) is 3.58. The Hall–Kier alpha value is -1.11. The summed E-state index contributed by atoms with van der Waals surface area (Å²) in [5, 5.41) is 12.7. The highest BCUT2D eigenvalue weighted by molar-refractivity contribution is 7.99. The Balaban J connectivity index is 1.63. The number of pyridine rings is 1. The molecular formula is C13H20N4OS. The first kappa shape index (κ1) is 14.3. The molecule has 0 radical (unpaired) electrons. The van der Waals surface area contributed by atoms with Gasteiger partial charge in [-0.15, -0.1) is 10.2 Å². The average molecular weight is 280 g/mol. The molecule has 0 spiro atoms. The summed E-state index contributed by atoms with van der Waals surface area (Å²) in [6.07, 6.45) is 3.06. The summed E-state index contributed by atoms with van der Waals surface area (Å²) in [5.74, 6) is 0.990. The summed E-state index contributed by atoms with van der Waals surface area (Å²) in [4.78, 5) is 0. The minimum absolute atomic E-state index is 0.801. The number of ether oxygens (including phenoxy) is 1. The Bertz CT molecular complexity index is 488. The molecule has 0 unspecified atom stereocenters. The van der Waals surface area contributed by atoms with Gasteiger partial charge in [0.25, 0.3) is 0 Å². The lowest BCUT2D eigenvalue weighted by atomic mass is 10.4. The summed E-state index contributed by atoms with van der Waals surface area (Å²) < 4.78 is 7.29. The van der Waals surface area contributed by atoms with Crippen molar-refractivity contribution in [3.63, 3.8) is 0 Å². The zero-order chi connectivity index (χ0) is 13.3. The van der Waals surface area contributed by atoms with Crippen LogP contribution in [0, 0.1) is 0 Å².